The van der Waals surface area contributed by atoms with Crippen LogP contribution in [0.15, 0.2) is 0 Å². The smallest absolute Gasteiger partial charge is 0.306 e. The second kappa shape index (κ2) is 47.9. The van der Waals surface area contributed by atoms with E-state index in [1.807, 2.05) is 0 Å². The third-order valence-corrected chi connectivity index (χ3v) is 12.7. The van der Waals surface area contributed by atoms with Crippen LogP contribution in [0, 0.1) is 0 Å². The number of amides is 1. The summed E-state index contributed by atoms with van der Waals surface area (Å²) in [5, 5.41) is 23.7. The Hall–Kier alpha value is -1.14. The molecule has 0 aromatic carbocycles. The van der Waals surface area contributed by atoms with Gasteiger partial charge in [-0.2, -0.15) is 0 Å². The van der Waals surface area contributed by atoms with Crippen molar-refractivity contribution in [3.8, 4) is 0 Å². The molecule has 0 aliphatic carbocycles. The Kier molecular flexibility index (Phi) is 47.0. The molecule has 352 valence electrons. The van der Waals surface area contributed by atoms with Crippen molar-refractivity contribution in [1.82, 2.24) is 5.32 Å². The van der Waals surface area contributed by atoms with E-state index in [9.17, 15) is 19.8 Å². The third kappa shape index (κ3) is 43.3. The molecule has 6 heteroatoms. The minimum atomic E-state index is -0.778. The molecule has 3 atom stereocenters. The molecule has 0 heterocycles. The first-order valence-electron chi connectivity index (χ1n) is 26.8. The molecule has 59 heavy (non-hydrogen) atoms. The van der Waals surface area contributed by atoms with Crippen LogP contribution in [0.3, 0.4) is 0 Å². The zero-order valence-electron chi connectivity index (χ0n) is 40.2. The number of unbranched alkanes of at least 4 members (excludes halogenated alkanes) is 37. The highest BCUT2D eigenvalue weighted by Gasteiger charge is 2.24. The Balaban J connectivity index is 4.51. The fourth-order valence-corrected chi connectivity index (χ4v) is 8.61. The fourth-order valence-electron chi connectivity index (χ4n) is 8.61. The van der Waals surface area contributed by atoms with E-state index in [2.05, 4.69) is 26.1 Å². The second-order valence-corrected chi connectivity index (χ2v) is 18.6. The van der Waals surface area contributed by atoms with E-state index in [1.165, 1.54) is 218 Å². The first kappa shape index (κ1) is 57.9. The lowest BCUT2D eigenvalue weighted by molar-refractivity contribution is -0.151. The SMILES string of the molecule is CCCCCCCCCCCCCCCCCCC(CC(=O)NC(CO)C(O)CCCCCCCCCCCC)OC(=O)CCCCCCCCCCCCCCCC. The highest BCUT2D eigenvalue weighted by molar-refractivity contribution is 5.77. The van der Waals surface area contributed by atoms with Crippen molar-refractivity contribution in [3.63, 3.8) is 0 Å². The molecule has 0 bridgehead atoms. The van der Waals surface area contributed by atoms with Crippen molar-refractivity contribution in [2.45, 2.75) is 322 Å². The minimum Gasteiger partial charge on any atom is -0.462 e. The van der Waals surface area contributed by atoms with Crippen LogP contribution in [0.1, 0.15) is 303 Å². The zero-order chi connectivity index (χ0) is 43.1. The van der Waals surface area contributed by atoms with Gasteiger partial charge >= 0.3 is 5.97 Å². The van der Waals surface area contributed by atoms with Crippen molar-refractivity contribution in [1.29, 1.82) is 0 Å². The number of aliphatic hydroxyl groups is 2. The first-order chi connectivity index (χ1) is 29.0. The summed E-state index contributed by atoms with van der Waals surface area (Å²) in [4.78, 5) is 26.1. The molecule has 0 fully saturated rings. The fraction of sp³-hybridized carbons (Fsp3) is 0.962. The number of hydrogen-bond acceptors (Lipinski definition) is 5. The highest BCUT2D eigenvalue weighted by atomic mass is 16.5. The summed E-state index contributed by atoms with van der Waals surface area (Å²) in [6.45, 7) is 6.51. The summed E-state index contributed by atoms with van der Waals surface area (Å²) >= 11 is 0. The predicted octanol–water partition coefficient (Wildman–Crippen LogP) is 16.0. The predicted molar refractivity (Wildman–Crippen MR) is 255 cm³/mol. The van der Waals surface area contributed by atoms with E-state index in [-0.39, 0.29) is 24.9 Å². The number of esters is 1. The van der Waals surface area contributed by atoms with E-state index in [1.54, 1.807) is 0 Å². The van der Waals surface area contributed by atoms with Crippen LogP contribution in [0.25, 0.3) is 0 Å². The van der Waals surface area contributed by atoms with Gasteiger partial charge in [-0.3, -0.25) is 9.59 Å². The van der Waals surface area contributed by atoms with Gasteiger partial charge in [-0.1, -0.05) is 265 Å². The highest BCUT2D eigenvalue weighted by Crippen LogP contribution is 2.19. The van der Waals surface area contributed by atoms with Gasteiger partial charge in [-0.05, 0) is 25.7 Å². The molecule has 0 spiro atoms. The van der Waals surface area contributed by atoms with Gasteiger partial charge in [0.1, 0.15) is 6.10 Å². The topological polar surface area (TPSA) is 95.9 Å². The average Bonchev–Trinajstić information content (AvgIpc) is 3.23. The Labute approximate surface area is 368 Å². The summed E-state index contributed by atoms with van der Waals surface area (Å²) in [6, 6.07) is -0.691. The van der Waals surface area contributed by atoms with Gasteiger partial charge in [0.25, 0.3) is 0 Å². The third-order valence-electron chi connectivity index (χ3n) is 12.7. The van der Waals surface area contributed by atoms with Crippen LogP contribution < -0.4 is 5.32 Å². The van der Waals surface area contributed by atoms with Gasteiger partial charge in [0.05, 0.1) is 25.2 Å². The average molecular weight is 836 g/mol. The van der Waals surface area contributed by atoms with Gasteiger partial charge in [0.2, 0.25) is 5.91 Å². The van der Waals surface area contributed by atoms with Crippen molar-refractivity contribution in [3.05, 3.63) is 0 Å². The lowest BCUT2D eigenvalue weighted by Crippen LogP contribution is -2.46. The maximum absolute atomic E-state index is 13.2. The standard InChI is InChI=1S/C53H105NO5/c1-4-7-10-13-16-19-22-24-26-27-28-30-32-35-38-41-44-49(59-53(58)46-43-40-37-34-31-29-25-23-20-17-14-11-8-5-2)47-52(57)54-50(48-55)51(56)45-42-39-36-33-21-18-15-12-9-6-3/h49-51,55-56H,4-48H2,1-3H3,(H,54,57). The monoisotopic (exact) mass is 836 g/mol. The van der Waals surface area contributed by atoms with Crippen LogP contribution in [-0.4, -0.2) is 46.9 Å². The number of rotatable bonds is 49. The van der Waals surface area contributed by atoms with Crippen molar-refractivity contribution in [2.75, 3.05) is 6.61 Å². The van der Waals surface area contributed by atoms with Gasteiger partial charge in [-0.15, -0.1) is 0 Å². The molecule has 3 N–H and O–H groups in total. The summed E-state index contributed by atoms with van der Waals surface area (Å²) in [5.74, 6) is -0.449. The number of nitrogens with one attached hydrogen (secondary N) is 1. The van der Waals surface area contributed by atoms with Crippen LogP contribution in [0.5, 0.6) is 0 Å². The Bertz CT molecular complexity index is 852. The van der Waals surface area contributed by atoms with Crippen molar-refractivity contribution < 1.29 is 24.5 Å². The lowest BCUT2D eigenvalue weighted by atomic mass is 10.0. The molecule has 0 saturated carbocycles. The Morgan fingerprint density at radius 1 is 0.424 bits per heavy atom. The molecular formula is C53H105NO5. The number of ether oxygens (including phenoxy) is 1. The molecule has 0 aliphatic rings. The molecule has 1 amide bonds. The normalized spacial score (nSPS) is 13.1. The van der Waals surface area contributed by atoms with Crippen LogP contribution in [0.2, 0.25) is 0 Å². The molecule has 0 aromatic rings. The number of carbonyl (C=O) groups excluding carboxylic acids is 2. The van der Waals surface area contributed by atoms with Gasteiger partial charge in [0, 0.05) is 6.42 Å². The van der Waals surface area contributed by atoms with Gasteiger partial charge in [-0.25, -0.2) is 0 Å². The maximum atomic E-state index is 13.2. The maximum Gasteiger partial charge on any atom is 0.306 e. The van der Waals surface area contributed by atoms with Crippen molar-refractivity contribution in [2.24, 2.45) is 0 Å². The van der Waals surface area contributed by atoms with Crippen LogP contribution in [-0.2, 0) is 14.3 Å². The number of aliphatic hydroxyl groups excluding tert-OH is 2. The quantitative estimate of drug-likeness (QED) is 0.0419. The lowest BCUT2D eigenvalue weighted by Gasteiger charge is -2.24. The van der Waals surface area contributed by atoms with Crippen molar-refractivity contribution >= 4 is 11.9 Å². The van der Waals surface area contributed by atoms with Gasteiger partial charge in [0.15, 0.2) is 0 Å². The molecule has 0 aliphatic heterocycles. The van der Waals surface area contributed by atoms with Crippen LogP contribution >= 0.6 is 0 Å². The molecule has 0 radical (unpaired) electrons. The summed E-state index contributed by atoms with van der Waals surface area (Å²) < 4.78 is 5.95. The minimum absolute atomic E-state index is 0.0880. The number of hydrogen-bond donors (Lipinski definition) is 3. The van der Waals surface area contributed by atoms with E-state index >= 15 is 0 Å². The second-order valence-electron chi connectivity index (χ2n) is 18.6. The molecule has 0 rings (SSSR count). The summed E-state index contributed by atoms with van der Waals surface area (Å²) in [6.07, 6.45) is 51.6. The van der Waals surface area contributed by atoms with Crippen LogP contribution in [0.4, 0.5) is 0 Å². The Morgan fingerprint density at radius 3 is 1.03 bits per heavy atom. The van der Waals surface area contributed by atoms with E-state index in [0.717, 1.165) is 38.5 Å². The number of carbonyl (C=O) groups is 2. The molecule has 3 unspecified atom stereocenters. The van der Waals surface area contributed by atoms with E-state index in [4.69, 9.17) is 4.74 Å². The van der Waals surface area contributed by atoms with Gasteiger partial charge < -0.3 is 20.3 Å². The largest absolute Gasteiger partial charge is 0.462 e. The molecule has 0 saturated heterocycles. The molecule has 0 aromatic heterocycles. The summed E-state index contributed by atoms with van der Waals surface area (Å²) in [5.41, 5.74) is 0. The zero-order valence-corrected chi connectivity index (χ0v) is 40.2. The first-order valence-corrected chi connectivity index (χ1v) is 26.8. The molecular weight excluding hydrogens is 731 g/mol. The van der Waals surface area contributed by atoms with E-state index in [0.29, 0.717) is 19.3 Å². The Morgan fingerprint density at radius 2 is 0.712 bits per heavy atom. The van der Waals surface area contributed by atoms with E-state index < -0.39 is 18.2 Å². The molecule has 6 nitrogen and oxygen atoms in total. The summed E-state index contributed by atoms with van der Waals surface area (Å²) in [7, 11) is 0.